The second kappa shape index (κ2) is 7.12. The number of carbonyl (C=O) groups is 1. The zero-order chi connectivity index (χ0) is 11.0. The van der Waals surface area contributed by atoms with Crippen LogP contribution in [0.25, 0.3) is 0 Å². The first-order valence-corrected chi connectivity index (χ1v) is 6.27. The number of nitrogens with one attached hydrogen (secondary N) is 2. The third-order valence-corrected chi connectivity index (χ3v) is 3.29. The summed E-state index contributed by atoms with van der Waals surface area (Å²) in [6, 6.07) is 0. The Balaban J connectivity index is 3.53. The van der Waals surface area contributed by atoms with E-state index in [1.54, 1.807) is 11.8 Å². The Morgan fingerprint density at radius 3 is 2.57 bits per heavy atom. The zero-order valence-electron chi connectivity index (χ0n) is 9.64. The summed E-state index contributed by atoms with van der Waals surface area (Å²) in [6.07, 6.45) is 2.63. The van der Waals surface area contributed by atoms with Crippen molar-refractivity contribution in [1.29, 1.82) is 0 Å². The maximum Gasteiger partial charge on any atom is 0.221 e. The Hall–Kier alpha value is -0.220. The molecular weight excluding hydrogens is 196 g/mol. The monoisotopic (exact) mass is 218 g/mol. The van der Waals surface area contributed by atoms with Crippen LogP contribution in [0, 0.1) is 0 Å². The molecule has 14 heavy (non-hydrogen) atoms. The third-order valence-electron chi connectivity index (χ3n) is 2.04. The van der Waals surface area contributed by atoms with Crippen molar-refractivity contribution in [1.82, 2.24) is 10.6 Å². The first-order valence-electron chi connectivity index (χ1n) is 5.04. The zero-order valence-corrected chi connectivity index (χ0v) is 10.5. The van der Waals surface area contributed by atoms with Gasteiger partial charge in [0.05, 0.1) is 0 Å². The lowest BCUT2D eigenvalue weighted by Crippen LogP contribution is -2.37. The van der Waals surface area contributed by atoms with Gasteiger partial charge in [-0.25, -0.2) is 0 Å². The van der Waals surface area contributed by atoms with E-state index in [9.17, 15) is 4.79 Å². The maximum absolute atomic E-state index is 11.3. The molecule has 0 unspecified atom stereocenters. The summed E-state index contributed by atoms with van der Waals surface area (Å²) in [5.41, 5.74) is 0. The van der Waals surface area contributed by atoms with Crippen LogP contribution in [0.1, 0.15) is 27.2 Å². The van der Waals surface area contributed by atoms with Crippen LogP contribution in [0.5, 0.6) is 0 Å². The number of carbonyl (C=O) groups excluding carboxylic acids is 1. The minimum absolute atomic E-state index is 0.132. The van der Waals surface area contributed by atoms with Crippen molar-refractivity contribution < 1.29 is 4.79 Å². The van der Waals surface area contributed by atoms with Gasteiger partial charge in [0.2, 0.25) is 5.91 Å². The molecule has 4 heteroatoms. The molecule has 0 rings (SSSR count). The first-order chi connectivity index (χ1) is 6.52. The van der Waals surface area contributed by atoms with Crippen LogP contribution in [0.3, 0.4) is 0 Å². The fraction of sp³-hybridized carbons (Fsp3) is 0.900. The molecule has 84 valence electrons. The number of hydrogen-bond donors (Lipinski definition) is 2. The average Bonchev–Trinajstić information content (AvgIpc) is 2.16. The van der Waals surface area contributed by atoms with Crippen LogP contribution in [-0.2, 0) is 4.79 Å². The van der Waals surface area contributed by atoms with Crippen molar-refractivity contribution >= 4 is 17.7 Å². The van der Waals surface area contributed by atoms with Gasteiger partial charge in [-0.3, -0.25) is 4.79 Å². The predicted octanol–water partition coefficient (Wildman–Crippen LogP) is 1.24. The molecule has 0 atom stereocenters. The molecule has 0 aliphatic carbocycles. The van der Waals surface area contributed by atoms with Crippen molar-refractivity contribution in [3.8, 4) is 0 Å². The number of rotatable bonds is 7. The van der Waals surface area contributed by atoms with Crippen LogP contribution < -0.4 is 10.6 Å². The van der Waals surface area contributed by atoms with E-state index in [4.69, 9.17) is 0 Å². The Labute approximate surface area is 91.4 Å². The number of hydrogen-bond acceptors (Lipinski definition) is 3. The highest BCUT2D eigenvalue weighted by Gasteiger charge is 2.16. The highest BCUT2D eigenvalue weighted by molar-refractivity contribution is 7.99. The van der Waals surface area contributed by atoms with Gasteiger partial charge in [-0.2, -0.15) is 11.8 Å². The number of thioether (sulfide) groups is 1. The van der Waals surface area contributed by atoms with Gasteiger partial charge in [0.15, 0.2) is 0 Å². The van der Waals surface area contributed by atoms with E-state index in [1.807, 2.05) is 6.92 Å². The van der Waals surface area contributed by atoms with Gasteiger partial charge in [-0.05, 0) is 26.6 Å². The van der Waals surface area contributed by atoms with E-state index in [1.165, 1.54) is 0 Å². The lowest BCUT2D eigenvalue weighted by atomic mass is 10.2. The molecule has 2 N–H and O–H groups in total. The van der Waals surface area contributed by atoms with Crippen molar-refractivity contribution in [3.05, 3.63) is 0 Å². The van der Waals surface area contributed by atoms with Gasteiger partial charge in [-0.1, -0.05) is 6.92 Å². The second-order valence-electron chi connectivity index (χ2n) is 3.84. The molecule has 0 saturated heterocycles. The second-order valence-corrected chi connectivity index (χ2v) is 5.36. The summed E-state index contributed by atoms with van der Waals surface area (Å²) in [4.78, 5) is 11.3. The Kier molecular flexibility index (Phi) is 7.01. The van der Waals surface area contributed by atoms with Crippen LogP contribution in [0.2, 0.25) is 0 Å². The Morgan fingerprint density at radius 1 is 1.43 bits per heavy atom. The fourth-order valence-electron chi connectivity index (χ4n) is 0.851. The van der Waals surface area contributed by atoms with Crippen LogP contribution >= 0.6 is 11.8 Å². The van der Waals surface area contributed by atoms with Crippen molar-refractivity contribution in [2.75, 3.05) is 25.9 Å². The SMILES string of the molecule is CCNCCC(=O)NCC(C)(C)SC. The van der Waals surface area contributed by atoms with Gasteiger partial charge < -0.3 is 10.6 Å². The van der Waals surface area contributed by atoms with Crippen LogP contribution in [-0.4, -0.2) is 36.5 Å². The van der Waals surface area contributed by atoms with Crippen molar-refractivity contribution in [2.45, 2.75) is 31.9 Å². The van der Waals surface area contributed by atoms with Crippen molar-refractivity contribution in [2.24, 2.45) is 0 Å². The average molecular weight is 218 g/mol. The van der Waals surface area contributed by atoms with E-state index in [0.717, 1.165) is 19.6 Å². The van der Waals surface area contributed by atoms with Crippen LogP contribution in [0.15, 0.2) is 0 Å². The highest BCUT2D eigenvalue weighted by Crippen LogP contribution is 2.19. The van der Waals surface area contributed by atoms with E-state index in [0.29, 0.717) is 6.42 Å². The number of amides is 1. The molecule has 0 aliphatic rings. The summed E-state index contributed by atoms with van der Waals surface area (Å²) in [5.74, 6) is 0.132. The minimum atomic E-state index is 0.132. The Morgan fingerprint density at radius 2 is 2.07 bits per heavy atom. The standard InChI is InChI=1S/C10H22N2OS/c1-5-11-7-6-9(13)12-8-10(2,3)14-4/h11H,5-8H2,1-4H3,(H,12,13). The van der Waals surface area contributed by atoms with Gasteiger partial charge in [0, 0.05) is 24.3 Å². The maximum atomic E-state index is 11.3. The van der Waals surface area contributed by atoms with E-state index >= 15 is 0 Å². The highest BCUT2D eigenvalue weighted by atomic mass is 32.2. The molecule has 0 bridgehead atoms. The van der Waals surface area contributed by atoms with E-state index in [-0.39, 0.29) is 10.7 Å². The minimum Gasteiger partial charge on any atom is -0.355 e. The third kappa shape index (κ3) is 7.21. The summed E-state index contributed by atoms with van der Waals surface area (Å²) >= 11 is 1.77. The summed E-state index contributed by atoms with van der Waals surface area (Å²) in [6.45, 7) is 8.71. The normalized spacial score (nSPS) is 11.4. The fourth-order valence-corrected chi connectivity index (χ4v) is 1.07. The summed E-state index contributed by atoms with van der Waals surface area (Å²) in [5, 5.41) is 6.06. The molecule has 0 aromatic carbocycles. The molecule has 0 heterocycles. The summed E-state index contributed by atoms with van der Waals surface area (Å²) < 4.78 is 0.133. The molecule has 0 aromatic rings. The van der Waals surface area contributed by atoms with Gasteiger partial charge in [0.25, 0.3) is 0 Å². The van der Waals surface area contributed by atoms with Gasteiger partial charge >= 0.3 is 0 Å². The lowest BCUT2D eigenvalue weighted by Gasteiger charge is -2.22. The summed E-state index contributed by atoms with van der Waals surface area (Å²) in [7, 11) is 0. The van der Waals surface area contributed by atoms with E-state index < -0.39 is 0 Å². The molecule has 0 saturated carbocycles. The smallest absolute Gasteiger partial charge is 0.221 e. The van der Waals surface area contributed by atoms with Crippen LogP contribution in [0.4, 0.5) is 0 Å². The topological polar surface area (TPSA) is 41.1 Å². The molecule has 0 aromatic heterocycles. The molecule has 0 spiro atoms. The molecule has 0 aliphatic heterocycles. The molecule has 0 radical (unpaired) electrons. The lowest BCUT2D eigenvalue weighted by molar-refractivity contribution is -0.121. The largest absolute Gasteiger partial charge is 0.355 e. The van der Waals surface area contributed by atoms with Gasteiger partial charge in [0.1, 0.15) is 0 Å². The molecule has 1 amide bonds. The first kappa shape index (κ1) is 13.8. The molecule has 0 fully saturated rings. The van der Waals surface area contributed by atoms with E-state index in [2.05, 4.69) is 30.7 Å². The molecule has 3 nitrogen and oxygen atoms in total. The van der Waals surface area contributed by atoms with Gasteiger partial charge in [-0.15, -0.1) is 0 Å². The van der Waals surface area contributed by atoms with Crippen molar-refractivity contribution in [3.63, 3.8) is 0 Å². The Bertz CT molecular complexity index is 172. The predicted molar refractivity (Wildman–Crippen MR) is 63.8 cm³/mol. The molecular formula is C10H22N2OS. The quantitative estimate of drug-likeness (QED) is 0.632.